The largest absolute Gasteiger partial charge is 0.349 e. The molecule has 1 atom stereocenters. The van der Waals surface area contributed by atoms with Gasteiger partial charge in [0.25, 0.3) is 0 Å². The molecule has 0 saturated heterocycles. The Morgan fingerprint density at radius 3 is 2.65 bits per heavy atom. The highest BCUT2D eigenvalue weighted by molar-refractivity contribution is 5.76. The van der Waals surface area contributed by atoms with Gasteiger partial charge >= 0.3 is 0 Å². The molecular formula is C19H19N3O. The lowest BCUT2D eigenvalue weighted by Gasteiger charge is -2.12. The molecule has 0 spiro atoms. The molecule has 0 aliphatic rings. The van der Waals surface area contributed by atoms with Gasteiger partial charge in [-0.2, -0.15) is 0 Å². The number of aromatic nitrogens is 2. The summed E-state index contributed by atoms with van der Waals surface area (Å²) in [6, 6.07) is 18.1. The Morgan fingerprint density at radius 2 is 1.87 bits per heavy atom. The van der Waals surface area contributed by atoms with E-state index in [4.69, 9.17) is 0 Å². The maximum Gasteiger partial charge on any atom is 0.207 e. The average molecular weight is 305 g/mol. The van der Waals surface area contributed by atoms with E-state index in [1.165, 1.54) is 0 Å². The molecule has 4 nitrogen and oxygen atoms in total. The van der Waals surface area contributed by atoms with Gasteiger partial charge in [0.15, 0.2) is 0 Å². The van der Waals surface area contributed by atoms with E-state index in [-0.39, 0.29) is 6.04 Å². The second kappa shape index (κ2) is 6.92. The second-order valence-corrected chi connectivity index (χ2v) is 5.39. The highest BCUT2D eigenvalue weighted by atomic mass is 16.1. The van der Waals surface area contributed by atoms with Crippen LogP contribution < -0.4 is 5.32 Å². The van der Waals surface area contributed by atoms with Crippen LogP contribution in [-0.4, -0.2) is 16.0 Å². The number of allylic oxidation sites excluding steroid dienone is 1. The molecule has 0 radical (unpaired) electrons. The number of carbonyl (C=O) groups is 1. The van der Waals surface area contributed by atoms with Gasteiger partial charge in [-0.3, -0.25) is 4.79 Å². The third-order valence-electron chi connectivity index (χ3n) is 3.79. The number of hydrogen-bond acceptors (Lipinski definition) is 2. The quantitative estimate of drug-likeness (QED) is 0.708. The average Bonchev–Trinajstić information content (AvgIpc) is 2.95. The Labute approximate surface area is 135 Å². The Balaban J connectivity index is 1.93. The van der Waals surface area contributed by atoms with E-state index in [1.807, 2.05) is 43.3 Å². The first-order chi connectivity index (χ1) is 11.3. The van der Waals surface area contributed by atoms with Gasteiger partial charge in [0, 0.05) is 6.54 Å². The zero-order valence-corrected chi connectivity index (χ0v) is 13.0. The SMILES string of the molecule is CC(NC=O)c1nc2ccccc2n1C/C=C/c1ccccc1. The van der Waals surface area contributed by atoms with Crippen molar-refractivity contribution >= 4 is 23.5 Å². The molecule has 3 rings (SSSR count). The van der Waals surface area contributed by atoms with Crippen LogP contribution in [0.15, 0.2) is 60.7 Å². The molecule has 1 heterocycles. The van der Waals surface area contributed by atoms with E-state index < -0.39 is 0 Å². The number of imidazole rings is 1. The van der Waals surface area contributed by atoms with E-state index in [0.717, 1.165) is 22.4 Å². The van der Waals surface area contributed by atoms with Crippen LogP contribution in [0.1, 0.15) is 24.4 Å². The van der Waals surface area contributed by atoms with Crippen molar-refractivity contribution in [3.63, 3.8) is 0 Å². The van der Waals surface area contributed by atoms with E-state index in [9.17, 15) is 4.79 Å². The third-order valence-corrected chi connectivity index (χ3v) is 3.79. The zero-order valence-electron chi connectivity index (χ0n) is 13.0. The minimum absolute atomic E-state index is 0.134. The maximum absolute atomic E-state index is 10.8. The number of fused-ring (bicyclic) bond motifs is 1. The Hall–Kier alpha value is -2.88. The number of nitrogens with one attached hydrogen (secondary N) is 1. The summed E-state index contributed by atoms with van der Waals surface area (Å²) in [4.78, 5) is 15.4. The molecule has 0 bridgehead atoms. The fourth-order valence-corrected chi connectivity index (χ4v) is 2.65. The number of amides is 1. The number of hydrogen-bond donors (Lipinski definition) is 1. The van der Waals surface area contributed by atoms with Gasteiger partial charge in [-0.1, -0.05) is 54.6 Å². The molecule has 2 aromatic carbocycles. The molecule has 4 heteroatoms. The number of carbonyl (C=O) groups excluding carboxylic acids is 1. The molecule has 3 aromatic rings. The van der Waals surface area contributed by atoms with E-state index in [0.29, 0.717) is 13.0 Å². The van der Waals surface area contributed by atoms with Crippen LogP contribution in [0.5, 0.6) is 0 Å². The first-order valence-electron chi connectivity index (χ1n) is 7.66. The minimum atomic E-state index is -0.134. The van der Waals surface area contributed by atoms with Crippen molar-refractivity contribution in [3.05, 3.63) is 72.1 Å². The summed E-state index contributed by atoms with van der Waals surface area (Å²) in [6.07, 6.45) is 4.92. The van der Waals surface area contributed by atoms with Crippen LogP contribution in [0, 0.1) is 0 Å². The summed E-state index contributed by atoms with van der Waals surface area (Å²) < 4.78 is 2.13. The summed E-state index contributed by atoms with van der Waals surface area (Å²) in [6.45, 7) is 2.64. The highest BCUT2D eigenvalue weighted by Gasteiger charge is 2.14. The van der Waals surface area contributed by atoms with Crippen LogP contribution in [0.3, 0.4) is 0 Å². The van der Waals surface area contributed by atoms with Crippen molar-refractivity contribution < 1.29 is 4.79 Å². The fourth-order valence-electron chi connectivity index (χ4n) is 2.65. The molecular weight excluding hydrogens is 286 g/mol. The van der Waals surface area contributed by atoms with Crippen molar-refractivity contribution in [3.8, 4) is 0 Å². The summed E-state index contributed by atoms with van der Waals surface area (Å²) in [5.41, 5.74) is 3.17. The number of rotatable bonds is 6. The Bertz CT molecular complexity index is 821. The molecule has 0 aliphatic carbocycles. The molecule has 1 N–H and O–H groups in total. The van der Waals surface area contributed by atoms with Crippen LogP contribution in [-0.2, 0) is 11.3 Å². The number of para-hydroxylation sites is 2. The molecule has 116 valence electrons. The van der Waals surface area contributed by atoms with Gasteiger partial charge in [-0.15, -0.1) is 0 Å². The van der Waals surface area contributed by atoms with Crippen molar-refractivity contribution in [1.82, 2.24) is 14.9 Å². The third kappa shape index (κ3) is 3.31. The first kappa shape index (κ1) is 15.0. The van der Waals surface area contributed by atoms with Crippen molar-refractivity contribution in [2.45, 2.75) is 19.5 Å². The molecule has 23 heavy (non-hydrogen) atoms. The molecule has 1 unspecified atom stereocenters. The number of nitrogens with zero attached hydrogens (tertiary/aromatic N) is 2. The van der Waals surface area contributed by atoms with Gasteiger partial charge in [0.05, 0.1) is 17.1 Å². The van der Waals surface area contributed by atoms with Gasteiger partial charge in [0.1, 0.15) is 5.82 Å². The number of benzene rings is 2. The molecule has 0 aliphatic heterocycles. The Kier molecular flexibility index (Phi) is 4.52. The van der Waals surface area contributed by atoms with E-state index >= 15 is 0 Å². The van der Waals surface area contributed by atoms with Crippen LogP contribution in [0.2, 0.25) is 0 Å². The lowest BCUT2D eigenvalue weighted by atomic mass is 10.2. The predicted molar refractivity (Wildman–Crippen MR) is 92.8 cm³/mol. The van der Waals surface area contributed by atoms with Crippen molar-refractivity contribution in [2.24, 2.45) is 0 Å². The summed E-state index contributed by atoms with van der Waals surface area (Å²) >= 11 is 0. The standard InChI is InChI=1S/C19H19N3O/c1-15(20-14-23)19-21-17-11-5-6-12-18(17)22(19)13-7-10-16-8-3-2-4-9-16/h2-12,14-15H,13H2,1H3,(H,20,23)/b10-7+. The minimum Gasteiger partial charge on any atom is -0.349 e. The zero-order chi connectivity index (χ0) is 16.1. The van der Waals surface area contributed by atoms with Gasteiger partial charge in [-0.25, -0.2) is 4.98 Å². The normalized spacial score (nSPS) is 12.6. The maximum atomic E-state index is 10.8. The van der Waals surface area contributed by atoms with E-state index in [2.05, 4.69) is 45.2 Å². The van der Waals surface area contributed by atoms with Crippen LogP contribution in [0.25, 0.3) is 17.1 Å². The van der Waals surface area contributed by atoms with Gasteiger partial charge in [-0.05, 0) is 24.6 Å². The molecule has 0 saturated carbocycles. The lowest BCUT2D eigenvalue weighted by Crippen LogP contribution is -2.20. The second-order valence-electron chi connectivity index (χ2n) is 5.39. The van der Waals surface area contributed by atoms with Gasteiger partial charge in [0.2, 0.25) is 6.41 Å². The lowest BCUT2D eigenvalue weighted by molar-refractivity contribution is -0.110. The Morgan fingerprint density at radius 1 is 1.13 bits per heavy atom. The predicted octanol–water partition coefficient (Wildman–Crippen LogP) is 3.56. The fraction of sp³-hybridized carbons (Fsp3) is 0.158. The first-order valence-corrected chi connectivity index (χ1v) is 7.66. The van der Waals surface area contributed by atoms with Crippen LogP contribution >= 0.6 is 0 Å². The van der Waals surface area contributed by atoms with Gasteiger partial charge < -0.3 is 9.88 Å². The summed E-state index contributed by atoms with van der Waals surface area (Å²) in [5, 5.41) is 2.78. The van der Waals surface area contributed by atoms with Crippen molar-refractivity contribution in [2.75, 3.05) is 0 Å². The van der Waals surface area contributed by atoms with Crippen molar-refractivity contribution in [1.29, 1.82) is 0 Å². The molecule has 1 aromatic heterocycles. The monoisotopic (exact) mass is 305 g/mol. The molecule has 0 fully saturated rings. The van der Waals surface area contributed by atoms with E-state index in [1.54, 1.807) is 0 Å². The summed E-state index contributed by atoms with van der Waals surface area (Å²) in [5.74, 6) is 0.857. The molecule has 1 amide bonds. The van der Waals surface area contributed by atoms with Crippen LogP contribution in [0.4, 0.5) is 0 Å². The summed E-state index contributed by atoms with van der Waals surface area (Å²) in [7, 11) is 0. The highest BCUT2D eigenvalue weighted by Crippen LogP contribution is 2.20. The topological polar surface area (TPSA) is 46.9 Å². The smallest absolute Gasteiger partial charge is 0.207 e.